The molecule has 23 heavy (non-hydrogen) atoms. The molecule has 1 fully saturated rings. The fourth-order valence-corrected chi connectivity index (χ4v) is 2.81. The summed E-state index contributed by atoms with van der Waals surface area (Å²) in [5.41, 5.74) is 0.409. The first-order valence-corrected chi connectivity index (χ1v) is 8.61. The van der Waals surface area contributed by atoms with E-state index in [9.17, 15) is 4.79 Å². The molecule has 136 valence electrons. The summed E-state index contributed by atoms with van der Waals surface area (Å²) in [6, 6.07) is 0. The van der Waals surface area contributed by atoms with Crippen LogP contribution in [0.15, 0.2) is 4.99 Å². The SMILES string of the molecule is CCC1(CNC(=NCC(=O)N(C)C)NCC(C)C)CCCC1.I. The van der Waals surface area contributed by atoms with Gasteiger partial charge in [0.05, 0.1) is 0 Å². The number of carbonyl (C=O) groups excluding carboxylic acids is 1. The van der Waals surface area contributed by atoms with Crippen LogP contribution >= 0.6 is 24.0 Å². The van der Waals surface area contributed by atoms with Crippen molar-refractivity contribution in [2.45, 2.75) is 52.9 Å². The number of guanidine groups is 1. The molecule has 0 spiro atoms. The smallest absolute Gasteiger partial charge is 0.243 e. The van der Waals surface area contributed by atoms with Gasteiger partial charge in [-0.05, 0) is 30.6 Å². The van der Waals surface area contributed by atoms with E-state index in [-0.39, 0.29) is 36.4 Å². The summed E-state index contributed by atoms with van der Waals surface area (Å²) in [6.07, 6.45) is 6.46. The Morgan fingerprint density at radius 3 is 2.30 bits per heavy atom. The number of halogens is 1. The highest BCUT2D eigenvalue weighted by molar-refractivity contribution is 14.0. The summed E-state index contributed by atoms with van der Waals surface area (Å²) in [5.74, 6) is 1.34. The van der Waals surface area contributed by atoms with Gasteiger partial charge in [-0.3, -0.25) is 4.79 Å². The number of rotatable bonds is 7. The molecule has 0 aromatic rings. The third-order valence-corrected chi connectivity index (χ3v) is 4.59. The number of nitrogens with one attached hydrogen (secondary N) is 2. The van der Waals surface area contributed by atoms with E-state index in [1.807, 2.05) is 0 Å². The summed E-state index contributed by atoms with van der Waals surface area (Å²) in [5, 5.41) is 6.82. The molecule has 0 aromatic carbocycles. The number of hydrogen-bond donors (Lipinski definition) is 2. The molecule has 0 heterocycles. The van der Waals surface area contributed by atoms with Gasteiger partial charge in [0.2, 0.25) is 5.91 Å². The average Bonchev–Trinajstić information content (AvgIpc) is 2.95. The molecular weight excluding hydrogens is 403 g/mol. The highest BCUT2D eigenvalue weighted by Gasteiger charge is 2.31. The topological polar surface area (TPSA) is 56.7 Å². The average molecular weight is 438 g/mol. The van der Waals surface area contributed by atoms with E-state index in [0.29, 0.717) is 11.3 Å². The minimum Gasteiger partial charge on any atom is -0.356 e. The zero-order chi connectivity index (χ0) is 16.6. The van der Waals surface area contributed by atoms with Crippen LogP contribution in [-0.2, 0) is 4.79 Å². The molecule has 1 rings (SSSR count). The highest BCUT2D eigenvalue weighted by Crippen LogP contribution is 2.40. The maximum absolute atomic E-state index is 11.7. The molecule has 0 aromatic heterocycles. The van der Waals surface area contributed by atoms with E-state index in [2.05, 4.69) is 36.4 Å². The molecule has 0 aliphatic heterocycles. The maximum atomic E-state index is 11.7. The van der Waals surface area contributed by atoms with E-state index in [4.69, 9.17) is 0 Å². The molecule has 6 heteroatoms. The van der Waals surface area contributed by atoms with Gasteiger partial charge in [0.15, 0.2) is 5.96 Å². The van der Waals surface area contributed by atoms with Gasteiger partial charge >= 0.3 is 0 Å². The van der Waals surface area contributed by atoms with Crippen molar-refractivity contribution in [2.75, 3.05) is 33.7 Å². The minimum absolute atomic E-state index is 0. The Hall–Kier alpha value is -0.530. The van der Waals surface area contributed by atoms with Gasteiger partial charge in [0, 0.05) is 27.2 Å². The normalized spacial score (nSPS) is 16.9. The third kappa shape index (κ3) is 8.22. The number of nitrogens with zero attached hydrogens (tertiary/aromatic N) is 2. The highest BCUT2D eigenvalue weighted by atomic mass is 127. The summed E-state index contributed by atoms with van der Waals surface area (Å²) in [7, 11) is 3.52. The number of carbonyl (C=O) groups is 1. The number of hydrogen-bond acceptors (Lipinski definition) is 2. The van der Waals surface area contributed by atoms with Crippen LogP contribution in [0.1, 0.15) is 52.9 Å². The van der Waals surface area contributed by atoms with Crippen LogP contribution in [0.2, 0.25) is 0 Å². The third-order valence-electron chi connectivity index (χ3n) is 4.59. The zero-order valence-corrected chi connectivity index (χ0v) is 17.8. The van der Waals surface area contributed by atoms with Crippen LogP contribution < -0.4 is 10.6 Å². The van der Waals surface area contributed by atoms with E-state index in [1.165, 1.54) is 32.1 Å². The van der Waals surface area contributed by atoms with Crippen molar-refractivity contribution in [1.29, 1.82) is 0 Å². The Labute approximate surface area is 159 Å². The lowest BCUT2D eigenvalue weighted by atomic mass is 9.83. The van der Waals surface area contributed by atoms with Gasteiger partial charge < -0.3 is 15.5 Å². The second-order valence-corrected chi connectivity index (χ2v) is 7.14. The van der Waals surface area contributed by atoms with Gasteiger partial charge in [-0.25, -0.2) is 4.99 Å². The first kappa shape index (κ1) is 22.5. The van der Waals surface area contributed by atoms with Crippen molar-refractivity contribution in [3.05, 3.63) is 0 Å². The molecule has 1 amide bonds. The molecule has 0 radical (unpaired) electrons. The lowest BCUT2D eigenvalue weighted by molar-refractivity contribution is -0.127. The number of likely N-dealkylation sites (N-methyl/N-ethyl adjacent to an activating group) is 1. The quantitative estimate of drug-likeness (QED) is 0.365. The predicted octanol–water partition coefficient (Wildman–Crippen LogP) is 2.85. The summed E-state index contributed by atoms with van der Waals surface area (Å²) < 4.78 is 0. The predicted molar refractivity (Wildman–Crippen MR) is 108 cm³/mol. The Kier molecular flexibility index (Phi) is 10.8. The lowest BCUT2D eigenvalue weighted by Crippen LogP contribution is -2.44. The monoisotopic (exact) mass is 438 g/mol. The Bertz CT molecular complexity index is 377. The standard InChI is InChI=1S/C17H34N4O.HI/c1-6-17(9-7-8-10-17)13-20-16(18-11-14(2)3)19-12-15(22)21(4)5;/h14H,6-13H2,1-5H3,(H2,18,19,20);1H. The fraction of sp³-hybridized carbons (Fsp3) is 0.882. The molecule has 2 N–H and O–H groups in total. The van der Waals surface area contributed by atoms with E-state index >= 15 is 0 Å². The second-order valence-electron chi connectivity index (χ2n) is 7.14. The Balaban J connectivity index is 0.00000484. The molecule has 0 atom stereocenters. The van der Waals surface area contributed by atoms with Gasteiger partial charge in [0.25, 0.3) is 0 Å². The Morgan fingerprint density at radius 1 is 1.22 bits per heavy atom. The van der Waals surface area contributed by atoms with Crippen LogP contribution in [0, 0.1) is 11.3 Å². The maximum Gasteiger partial charge on any atom is 0.243 e. The molecule has 0 unspecified atom stereocenters. The van der Waals surface area contributed by atoms with E-state index in [1.54, 1.807) is 19.0 Å². The zero-order valence-electron chi connectivity index (χ0n) is 15.4. The largest absolute Gasteiger partial charge is 0.356 e. The van der Waals surface area contributed by atoms with Crippen LogP contribution in [-0.4, -0.2) is 50.5 Å². The van der Waals surface area contributed by atoms with Crippen LogP contribution in [0.5, 0.6) is 0 Å². The van der Waals surface area contributed by atoms with E-state index in [0.717, 1.165) is 19.0 Å². The summed E-state index contributed by atoms with van der Waals surface area (Å²) in [6.45, 7) is 8.62. The van der Waals surface area contributed by atoms with Crippen molar-refractivity contribution in [3.63, 3.8) is 0 Å². The first-order valence-electron chi connectivity index (χ1n) is 8.61. The fourth-order valence-electron chi connectivity index (χ4n) is 2.81. The summed E-state index contributed by atoms with van der Waals surface area (Å²) in [4.78, 5) is 17.8. The summed E-state index contributed by atoms with van der Waals surface area (Å²) >= 11 is 0. The van der Waals surface area contributed by atoms with Crippen LogP contribution in [0.4, 0.5) is 0 Å². The lowest BCUT2D eigenvalue weighted by Gasteiger charge is -2.29. The molecule has 1 aliphatic carbocycles. The molecule has 0 bridgehead atoms. The van der Waals surface area contributed by atoms with Crippen molar-refractivity contribution in [1.82, 2.24) is 15.5 Å². The van der Waals surface area contributed by atoms with Gasteiger partial charge in [-0.1, -0.05) is 33.6 Å². The minimum atomic E-state index is 0. The number of aliphatic imine (C=N–C) groups is 1. The molecule has 5 nitrogen and oxygen atoms in total. The van der Waals surface area contributed by atoms with Gasteiger partial charge in [0.1, 0.15) is 6.54 Å². The molecule has 1 saturated carbocycles. The molecule has 1 aliphatic rings. The molecule has 0 saturated heterocycles. The Morgan fingerprint density at radius 2 is 1.83 bits per heavy atom. The van der Waals surface area contributed by atoms with Crippen molar-refractivity contribution < 1.29 is 4.79 Å². The van der Waals surface area contributed by atoms with Crippen molar-refractivity contribution >= 4 is 35.8 Å². The van der Waals surface area contributed by atoms with E-state index < -0.39 is 0 Å². The first-order chi connectivity index (χ1) is 10.4. The van der Waals surface area contributed by atoms with Crippen LogP contribution in [0.3, 0.4) is 0 Å². The van der Waals surface area contributed by atoms with Gasteiger partial charge in [-0.2, -0.15) is 0 Å². The van der Waals surface area contributed by atoms with Gasteiger partial charge in [-0.15, -0.1) is 24.0 Å². The number of amides is 1. The van der Waals surface area contributed by atoms with Crippen molar-refractivity contribution in [3.8, 4) is 0 Å². The second kappa shape index (κ2) is 11.1. The van der Waals surface area contributed by atoms with Crippen LogP contribution in [0.25, 0.3) is 0 Å². The van der Waals surface area contributed by atoms with Crippen molar-refractivity contribution in [2.24, 2.45) is 16.3 Å². The molecular formula is C17H35IN4O.